The molecule has 3 aromatic carbocycles. The zero-order chi connectivity index (χ0) is 25.5. The molecular formula is C27H24Cl2N2O4. The van der Waals surface area contributed by atoms with E-state index in [1.807, 2.05) is 6.07 Å². The topological polar surface area (TPSA) is 74.8 Å². The molecule has 0 bridgehead atoms. The normalized spacial score (nSPS) is 10.5. The van der Waals surface area contributed by atoms with Crippen LogP contribution in [0.15, 0.2) is 72.8 Å². The molecule has 0 aliphatic carbocycles. The molecule has 0 spiro atoms. The third-order valence-electron chi connectivity index (χ3n) is 5.27. The molecule has 0 aliphatic rings. The molecule has 3 aromatic rings. The highest BCUT2D eigenvalue weighted by atomic mass is 35.5. The summed E-state index contributed by atoms with van der Waals surface area (Å²) < 4.78 is 0. The van der Waals surface area contributed by atoms with E-state index in [-0.39, 0.29) is 18.9 Å². The summed E-state index contributed by atoms with van der Waals surface area (Å²) in [6.45, 7) is 0.0650. The van der Waals surface area contributed by atoms with E-state index in [4.69, 9.17) is 23.2 Å². The Kier molecular flexibility index (Phi) is 8.79. The first kappa shape index (κ1) is 26.1. The second kappa shape index (κ2) is 11.8. The zero-order valence-corrected chi connectivity index (χ0v) is 20.8. The van der Waals surface area contributed by atoms with Crippen molar-refractivity contribution >= 4 is 52.3 Å². The van der Waals surface area contributed by atoms with Crippen LogP contribution in [0.25, 0.3) is 0 Å². The van der Waals surface area contributed by atoms with E-state index in [0.717, 1.165) is 0 Å². The Labute approximate surface area is 214 Å². The van der Waals surface area contributed by atoms with Gasteiger partial charge in [-0.3, -0.25) is 19.2 Å². The van der Waals surface area contributed by atoms with Crippen molar-refractivity contribution < 1.29 is 19.2 Å². The molecule has 0 atom stereocenters. The van der Waals surface area contributed by atoms with Crippen molar-refractivity contribution in [3.63, 3.8) is 0 Å². The SMILES string of the molecule is CN(C)C(=O)c1cccc(N(Cc2ccc(Cl)c(Cl)c2)C(=O)CC(=O)C(=O)Cc2ccccc2)c1. The quantitative estimate of drug-likeness (QED) is 0.300. The molecule has 0 saturated heterocycles. The fourth-order valence-electron chi connectivity index (χ4n) is 3.42. The summed E-state index contributed by atoms with van der Waals surface area (Å²) in [5.74, 6) is -2.23. The summed E-state index contributed by atoms with van der Waals surface area (Å²) in [4.78, 5) is 53.6. The number of rotatable bonds is 9. The number of halogens is 2. The minimum atomic E-state index is -0.779. The maximum Gasteiger partial charge on any atom is 0.253 e. The molecule has 0 aromatic heterocycles. The Morgan fingerprint density at radius 3 is 2.11 bits per heavy atom. The molecule has 0 fully saturated rings. The molecule has 0 N–H and O–H groups in total. The fourth-order valence-corrected chi connectivity index (χ4v) is 3.74. The van der Waals surface area contributed by atoms with Crippen molar-refractivity contribution in [2.75, 3.05) is 19.0 Å². The van der Waals surface area contributed by atoms with Gasteiger partial charge in [-0.15, -0.1) is 0 Å². The van der Waals surface area contributed by atoms with Crippen LogP contribution in [0.1, 0.15) is 27.9 Å². The van der Waals surface area contributed by atoms with Crippen LogP contribution in [0, 0.1) is 0 Å². The van der Waals surface area contributed by atoms with Crippen molar-refractivity contribution in [2.24, 2.45) is 0 Å². The van der Waals surface area contributed by atoms with Crippen LogP contribution in [-0.4, -0.2) is 42.4 Å². The van der Waals surface area contributed by atoms with Gasteiger partial charge < -0.3 is 9.80 Å². The maximum atomic E-state index is 13.3. The lowest BCUT2D eigenvalue weighted by molar-refractivity contribution is -0.138. The molecule has 35 heavy (non-hydrogen) atoms. The van der Waals surface area contributed by atoms with Crippen LogP contribution in [0.2, 0.25) is 10.0 Å². The number of benzene rings is 3. The van der Waals surface area contributed by atoms with Crippen LogP contribution in [0.3, 0.4) is 0 Å². The molecule has 0 aliphatic heterocycles. The van der Waals surface area contributed by atoms with E-state index in [1.54, 1.807) is 80.8 Å². The molecule has 0 unspecified atom stereocenters. The first-order chi connectivity index (χ1) is 16.7. The first-order valence-corrected chi connectivity index (χ1v) is 11.6. The molecule has 0 saturated carbocycles. The van der Waals surface area contributed by atoms with Gasteiger partial charge in [-0.25, -0.2) is 0 Å². The second-order valence-corrected chi connectivity index (χ2v) is 8.98. The van der Waals surface area contributed by atoms with Gasteiger partial charge in [0.05, 0.1) is 23.0 Å². The van der Waals surface area contributed by atoms with E-state index in [0.29, 0.717) is 32.4 Å². The number of ketones is 2. The van der Waals surface area contributed by atoms with Gasteiger partial charge in [0.25, 0.3) is 5.91 Å². The van der Waals surface area contributed by atoms with Gasteiger partial charge in [-0.1, -0.05) is 65.7 Å². The Morgan fingerprint density at radius 2 is 1.46 bits per heavy atom. The largest absolute Gasteiger partial charge is 0.345 e. The van der Waals surface area contributed by atoms with E-state index < -0.39 is 23.9 Å². The van der Waals surface area contributed by atoms with Crippen molar-refractivity contribution in [2.45, 2.75) is 19.4 Å². The second-order valence-electron chi connectivity index (χ2n) is 8.16. The number of nitrogens with zero attached hydrogens (tertiary/aromatic N) is 2. The summed E-state index contributed by atoms with van der Waals surface area (Å²) in [6, 6.07) is 20.4. The molecule has 8 heteroatoms. The van der Waals surface area contributed by atoms with Gasteiger partial charge in [0, 0.05) is 31.8 Å². The zero-order valence-electron chi connectivity index (χ0n) is 19.3. The van der Waals surface area contributed by atoms with Crippen LogP contribution >= 0.6 is 23.2 Å². The molecule has 6 nitrogen and oxygen atoms in total. The number of carbonyl (C=O) groups is 4. The number of hydrogen-bond acceptors (Lipinski definition) is 4. The maximum absolute atomic E-state index is 13.3. The predicted molar refractivity (Wildman–Crippen MR) is 137 cm³/mol. The summed E-state index contributed by atoms with van der Waals surface area (Å²) in [7, 11) is 3.26. The Hall–Kier alpha value is -3.48. The van der Waals surface area contributed by atoms with Crippen LogP contribution < -0.4 is 4.90 Å². The van der Waals surface area contributed by atoms with Gasteiger partial charge in [0.2, 0.25) is 17.5 Å². The molecule has 0 radical (unpaired) electrons. The minimum absolute atomic E-state index is 0.0650. The molecule has 0 heterocycles. The van der Waals surface area contributed by atoms with Gasteiger partial charge in [0.15, 0.2) is 0 Å². The lowest BCUT2D eigenvalue weighted by Gasteiger charge is -2.24. The highest BCUT2D eigenvalue weighted by Crippen LogP contribution is 2.26. The summed E-state index contributed by atoms with van der Waals surface area (Å²) in [5.41, 5.74) is 2.16. The first-order valence-electron chi connectivity index (χ1n) is 10.8. The Balaban J connectivity index is 1.87. The molecule has 180 valence electrons. The smallest absolute Gasteiger partial charge is 0.253 e. The van der Waals surface area contributed by atoms with Crippen LogP contribution in [-0.2, 0) is 27.3 Å². The monoisotopic (exact) mass is 510 g/mol. The third kappa shape index (κ3) is 7.01. The average Bonchev–Trinajstić information content (AvgIpc) is 2.84. The number of carbonyl (C=O) groups excluding carboxylic acids is 4. The van der Waals surface area contributed by atoms with Gasteiger partial charge in [-0.2, -0.15) is 0 Å². The van der Waals surface area contributed by atoms with Crippen molar-refractivity contribution in [1.82, 2.24) is 4.90 Å². The van der Waals surface area contributed by atoms with E-state index >= 15 is 0 Å². The predicted octanol–water partition coefficient (Wildman–Crippen LogP) is 5.00. The lowest BCUT2D eigenvalue weighted by atomic mass is 10.0. The van der Waals surface area contributed by atoms with Gasteiger partial charge in [0.1, 0.15) is 0 Å². The number of hydrogen-bond donors (Lipinski definition) is 0. The van der Waals surface area contributed by atoms with Gasteiger partial charge in [-0.05, 0) is 41.5 Å². The minimum Gasteiger partial charge on any atom is -0.345 e. The van der Waals surface area contributed by atoms with Crippen LogP contribution in [0.4, 0.5) is 5.69 Å². The van der Waals surface area contributed by atoms with Crippen LogP contribution in [0.5, 0.6) is 0 Å². The Bertz CT molecular complexity index is 1260. The van der Waals surface area contributed by atoms with E-state index in [1.165, 1.54) is 9.80 Å². The molecule has 2 amide bonds. The standard InChI is InChI=1S/C27H24Cl2N2O4/c1-30(2)27(35)20-9-6-10-21(15-20)31(17-19-11-12-22(28)23(29)13-19)26(34)16-25(33)24(32)14-18-7-4-3-5-8-18/h3-13,15H,14,16-17H2,1-2H3. The Morgan fingerprint density at radius 1 is 0.743 bits per heavy atom. The summed E-state index contributed by atoms with van der Waals surface area (Å²) in [5, 5.41) is 0.691. The third-order valence-corrected chi connectivity index (χ3v) is 6.01. The summed E-state index contributed by atoms with van der Waals surface area (Å²) in [6.07, 6.45) is -0.675. The molecular weight excluding hydrogens is 487 g/mol. The number of Topliss-reactive ketones (excluding diaryl/α,β-unsaturated/α-hetero) is 2. The highest BCUT2D eigenvalue weighted by Gasteiger charge is 2.24. The van der Waals surface area contributed by atoms with E-state index in [9.17, 15) is 19.2 Å². The lowest BCUT2D eigenvalue weighted by Crippen LogP contribution is -2.34. The number of anilines is 1. The van der Waals surface area contributed by atoms with Crippen molar-refractivity contribution in [3.8, 4) is 0 Å². The van der Waals surface area contributed by atoms with E-state index in [2.05, 4.69) is 0 Å². The molecule has 3 rings (SSSR count). The van der Waals surface area contributed by atoms with Crippen molar-refractivity contribution in [1.29, 1.82) is 0 Å². The highest BCUT2D eigenvalue weighted by molar-refractivity contribution is 6.42. The fraction of sp³-hybridized carbons (Fsp3) is 0.185. The summed E-state index contributed by atoms with van der Waals surface area (Å²) >= 11 is 12.2. The average molecular weight is 511 g/mol. The van der Waals surface area contributed by atoms with Crippen molar-refractivity contribution in [3.05, 3.63) is 99.5 Å². The number of amides is 2. The van der Waals surface area contributed by atoms with Gasteiger partial charge >= 0.3 is 0 Å².